The summed E-state index contributed by atoms with van der Waals surface area (Å²) in [6.07, 6.45) is 0.0795. The molecule has 0 saturated carbocycles. The van der Waals surface area contributed by atoms with Gasteiger partial charge in [0.1, 0.15) is 11.9 Å². The summed E-state index contributed by atoms with van der Waals surface area (Å²) in [5.74, 6) is 1.21. The van der Waals surface area contributed by atoms with Crippen molar-refractivity contribution in [3.63, 3.8) is 0 Å². The second-order valence-electron chi connectivity index (χ2n) is 6.45. The fourth-order valence-electron chi connectivity index (χ4n) is 1.62. The first kappa shape index (κ1) is 13.8. The minimum absolute atomic E-state index is 0.0795. The summed E-state index contributed by atoms with van der Waals surface area (Å²) in [5, 5.41) is 0.235. The van der Waals surface area contributed by atoms with E-state index in [9.17, 15) is 0 Å². The Balaban J connectivity index is 2.78. The average molecular weight is 240 g/mol. The first-order valence-electron chi connectivity index (χ1n) is 6.09. The lowest BCUT2D eigenvalue weighted by Gasteiger charge is -2.39. The lowest BCUT2D eigenvalue weighted by atomic mass is 9.87. The lowest BCUT2D eigenvalue weighted by molar-refractivity contribution is 0.178. The molecule has 0 aromatic heterocycles. The van der Waals surface area contributed by atoms with Crippen LogP contribution in [0.25, 0.3) is 0 Å². The third-order valence-electron chi connectivity index (χ3n) is 4.10. The standard InChI is InChI=1S/C12H25BO2Si/c1-8-10(9(2)14-11(8)13)15-16(6,7)12(3,4)5/h8,10-11H,2,13H2,1,3-7H3. The number of hydrogen-bond donors (Lipinski definition) is 0. The maximum atomic E-state index is 6.37. The average Bonchev–Trinajstić information content (AvgIpc) is 2.30. The van der Waals surface area contributed by atoms with Crippen LogP contribution in [-0.2, 0) is 9.16 Å². The molecule has 0 aromatic rings. The highest BCUT2D eigenvalue weighted by Crippen LogP contribution is 2.41. The van der Waals surface area contributed by atoms with Crippen LogP contribution in [0.2, 0.25) is 18.1 Å². The van der Waals surface area contributed by atoms with Crippen LogP contribution in [0.1, 0.15) is 27.7 Å². The molecule has 1 rings (SSSR count). The summed E-state index contributed by atoms with van der Waals surface area (Å²) in [6.45, 7) is 17.5. The third-order valence-corrected chi connectivity index (χ3v) is 8.56. The normalized spacial score (nSPS) is 31.6. The summed E-state index contributed by atoms with van der Waals surface area (Å²) in [5.41, 5.74) is 0. The molecule has 0 aliphatic carbocycles. The van der Waals surface area contributed by atoms with E-state index in [0.29, 0.717) is 5.92 Å². The lowest BCUT2D eigenvalue weighted by Crippen LogP contribution is -2.45. The second kappa shape index (κ2) is 4.22. The van der Waals surface area contributed by atoms with Gasteiger partial charge in [-0.1, -0.05) is 34.3 Å². The summed E-state index contributed by atoms with van der Waals surface area (Å²) in [7, 11) is 0.364. The number of rotatable bonds is 2. The Hall–Kier alpha value is -0.218. The minimum atomic E-state index is -1.72. The Morgan fingerprint density at radius 1 is 1.38 bits per heavy atom. The van der Waals surface area contributed by atoms with Crippen molar-refractivity contribution in [1.29, 1.82) is 0 Å². The van der Waals surface area contributed by atoms with Crippen LogP contribution in [0, 0.1) is 5.92 Å². The van der Waals surface area contributed by atoms with Gasteiger partial charge in [0.2, 0.25) is 0 Å². The van der Waals surface area contributed by atoms with E-state index >= 15 is 0 Å². The SMILES string of the molecule is BC1OC(=C)C(O[Si](C)(C)C(C)(C)C)C1C. The molecule has 1 aliphatic heterocycles. The highest BCUT2D eigenvalue weighted by molar-refractivity contribution is 6.74. The molecule has 3 atom stereocenters. The first-order valence-corrected chi connectivity index (χ1v) is 9.00. The van der Waals surface area contributed by atoms with Crippen LogP contribution in [-0.4, -0.2) is 28.3 Å². The zero-order chi connectivity index (χ0) is 12.7. The van der Waals surface area contributed by atoms with E-state index in [1.54, 1.807) is 0 Å². The monoisotopic (exact) mass is 240 g/mol. The van der Waals surface area contributed by atoms with Crippen LogP contribution < -0.4 is 0 Å². The molecule has 0 aromatic carbocycles. The van der Waals surface area contributed by atoms with Crippen LogP contribution in [0.3, 0.4) is 0 Å². The highest BCUT2D eigenvalue weighted by atomic mass is 28.4. The van der Waals surface area contributed by atoms with E-state index < -0.39 is 8.32 Å². The molecule has 3 unspecified atom stereocenters. The van der Waals surface area contributed by atoms with Gasteiger partial charge in [-0.3, -0.25) is 0 Å². The molecule has 0 bridgehead atoms. The zero-order valence-electron chi connectivity index (χ0n) is 11.8. The van der Waals surface area contributed by atoms with Gasteiger partial charge >= 0.3 is 0 Å². The van der Waals surface area contributed by atoms with Gasteiger partial charge in [-0.15, -0.1) is 0 Å². The van der Waals surface area contributed by atoms with E-state index in [2.05, 4.69) is 55.2 Å². The van der Waals surface area contributed by atoms with E-state index in [4.69, 9.17) is 9.16 Å². The topological polar surface area (TPSA) is 18.5 Å². The molecule has 16 heavy (non-hydrogen) atoms. The molecule has 0 N–H and O–H groups in total. The Morgan fingerprint density at radius 3 is 2.19 bits per heavy atom. The molecule has 1 aliphatic rings. The first-order chi connectivity index (χ1) is 7.06. The molecule has 1 heterocycles. The smallest absolute Gasteiger partial charge is 0.193 e. The summed E-state index contributed by atoms with van der Waals surface area (Å²) >= 11 is 0. The van der Waals surface area contributed by atoms with Gasteiger partial charge < -0.3 is 9.16 Å². The Morgan fingerprint density at radius 2 is 1.88 bits per heavy atom. The van der Waals surface area contributed by atoms with Crippen molar-refractivity contribution < 1.29 is 9.16 Å². The van der Waals surface area contributed by atoms with Gasteiger partial charge in [0, 0.05) is 5.92 Å². The van der Waals surface area contributed by atoms with Gasteiger partial charge in [-0.2, -0.15) is 0 Å². The van der Waals surface area contributed by atoms with E-state index in [0.717, 1.165) is 5.76 Å². The highest BCUT2D eigenvalue weighted by Gasteiger charge is 2.44. The molecule has 0 amide bonds. The van der Waals surface area contributed by atoms with Crippen molar-refractivity contribution in [2.24, 2.45) is 5.92 Å². The predicted octanol–water partition coefficient (Wildman–Crippen LogP) is 2.52. The quantitative estimate of drug-likeness (QED) is 0.690. The zero-order valence-corrected chi connectivity index (χ0v) is 12.8. The van der Waals surface area contributed by atoms with Crippen LogP contribution in [0.15, 0.2) is 12.3 Å². The summed E-state index contributed by atoms with van der Waals surface area (Å²) in [4.78, 5) is 0. The molecular weight excluding hydrogens is 215 g/mol. The number of ether oxygens (including phenoxy) is 1. The molecular formula is C12H25BO2Si. The van der Waals surface area contributed by atoms with Crippen molar-refractivity contribution in [2.45, 2.75) is 57.9 Å². The summed E-state index contributed by atoms with van der Waals surface area (Å²) < 4.78 is 12.0. The Labute approximate surface area is 102 Å². The van der Waals surface area contributed by atoms with Gasteiger partial charge in [0.25, 0.3) is 0 Å². The maximum Gasteiger partial charge on any atom is 0.193 e. The van der Waals surface area contributed by atoms with Crippen LogP contribution >= 0.6 is 0 Å². The summed E-state index contributed by atoms with van der Waals surface area (Å²) in [6, 6.07) is 0.224. The third kappa shape index (κ3) is 2.54. The Bertz CT molecular complexity index is 283. The van der Waals surface area contributed by atoms with Crippen molar-refractivity contribution >= 4 is 16.2 Å². The van der Waals surface area contributed by atoms with Gasteiger partial charge in [0.15, 0.2) is 16.2 Å². The second-order valence-corrected chi connectivity index (χ2v) is 11.2. The van der Waals surface area contributed by atoms with Crippen LogP contribution in [0.5, 0.6) is 0 Å². The van der Waals surface area contributed by atoms with Gasteiger partial charge in [-0.25, -0.2) is 0 Å². The van der Waals surface area contributed by atoms with Crippen molar-refractivity contribution in [3.8, 4) is 0 Å². The van der Waals surface area contributed by atoms with Gasteiger partial charge in [-0.05, 0) is 18.1 Å². The van der Waals surface area contributed by atoms with Crippen molar-refractivity contribution in [2.75, 3.05) is 0 Å². The fraction of sp³-hybridized carbons (Fsp3) is 0.833. The molecule has 1 saturated heterocycles. The molecule has 92 valence electrons. The van der Waals surface area contributed by atoms with Gasteiger partial charge in [0.05, 0.1) is 6.00 Å². The fourth-order valence-corrected chi connectivity index (χ4v) is 2.95. The molecule has 0 radical (unpaired) electrons. The maximum absolute atomic E-state index is 6.37. The number of hydrogen-bond acceptors (Lipinski definition) is 2. The minimum Gasteiger partial charge on any atom is -0.502 e. The molecule has 0 spiro atoms. The van der Waals surface area contributed by atoms with E-state index in [-0.39, 0.29) is 17.1 Å². The van der Waals surface area contributed by atoms with Crippen molar-refractivity contribution in [3.05, 3.63) is 12.3 Å². The van der Waals surface area contributed by atoms with E-state index in [1.165, 1.54) is 0 Å². The largest absolute Gasteiger partial charge is 0.502 e. The van der Waals surface area contributed by atoms with E-state index in [1.807, 2.05) is 0 Å². The molecule has 2 nitrogen and oxygen atoms in total. The molecule has 1 fully saturated rings. The predicted molar refractivity (Wildman–Crippen MR) is 73.8 cm³/mol. The molecule has 4 heteroatoms. The Kier molecular flexibility index (Phi) is 3.66. The van der Waals surface area contributed by atoms with Crippen molar-refractivity contribution in [1.82, 2.24) is 0 Å². The van der Waals surface area contributed by atoms with Crippen LogP contribution in [0.4, 0.5) is 0 Å².